The lowest BCUT2D eigenvalue weighted by molar-refractivity contribution is -0.114. The molecular formula is C20H22N2O4. The van der Waals surface area contributed by atoms with Gasteiger partial charge < -0.3 is 19.7 Å². The van der Waals surface area contributed by atoms with Crippen LogP contribution in [0.25, 0.3) is 0 Å². The van der Waals surface area contributed by atoms with Crippen LogP contribution in [0.4, 0.5) is 11.4 Å². The lowest BCUT2D eigenvalue weighted by atomic mass is 10.1. The van der Waals surface area contributed by atoms with Crippen LogP contribution in [0.2, 0.25) is 0 Å². The van der Waals surface area contributed by atoms with Gasteiger partial charge in [-0.15, -0.1) is 0 Å². The first-order valence-corrected chi connectivity index (χ1v) is 8.46. The van der Waals surface area contributed by atoms with Crippen molar-refractivity contribution in [2.24, 2.45) is 0 Å². The van der Waals surface area contributed by atoms with Crippen LogP contribution >= 0.6 is 0 Å². The molecule has 2 aromatic carbocycles. The lowest BCUT2D eigenvalue weighted by Gasteiger charge is -2.23. The van der Waals surface area contributed by atoms with E-state index in [0.29, 0.717) is 22.7 Å². The van der Waals surface area contributed by atoms with E-state index in [1.54, 1.807) is 49.5 Å². The maximum Gasteiger partial charge on any atom is 0.258 e. The van der Waals surface area contributed by atoms with Crippen LogP contribution in [0.1, 0.15) is 30.1 Å². The Morgan fingerprint density at radius 1 is 1.00 bits per heavy atom. The van der Waals surface area contributed by atoms with E-state index < -0.39 is 0 Å². The molecule has 6 nitrogen and oxygen atoms in total. The minimum absolute atomic E-state index is 0.0827. The van der Waals surface area contributed by atoms with Crippen molar-refractivity contribution in [2.75, 3.05) is 24.4 Å². The fraction of sp³-hybridized carbons (Fsp3) is 0.300. The Kier molecular flexibility index (Phi) is 5.11. The van der Waals surface area contributed by atoms with E-state index >= 15 is 0 Å². The van der Waals surface area contributed by atoms with E-state index in [9.17, 15) is 9.59 Å². The first kappa shape index (κ1) is 17.8. The molecule has 1 saturated carbocycles. The second-order valence-corrected chi connectivity index (χ2v) is 6.20. The highest BCUT2D eigenvalue weighted by molar-refractivity contribution is 6.07. The van der Waals surface area contributed by atoms with Gasteiger partial charge in [-0.25, -0.2) is 0 Å². The van der Waals surface area contributed by atoms with Crippen molar-refractivity contribution in [3.8, 4) is 11.5 Å². The van der Waals surface area contributed by atoms with Crippen molar-refractivity contribution >= 4 is 23.2 Å². The van der Waals surface area contributed by atoms with Gasteiger partial charge in [-0.05, 0) is 55.3 Å². The van der Waals surface area contributed by atoms with Gasteiger partial charge in [0.25, 0.3) is 5.91 Å². The number of ether oxygens (including phenoxy) is 2. The van der Waals surface area contributed by atoms with Gasteiger partial charge in [0.15, 0.2) is 11.5 Å². The zero-order valence-electron chi connectivity index (χ0n) is 15.1. The van der Waals surface area contributed by atoms with E-state index in [4.69, 9.17) is 9.47 Å². The summed E-state index contributed by atoms with van der Waals surface area (Å²) in [5, 5.41) is 2.73. The van der Waals surface area contributed by atoms with Gasteiger partial charge >= 0.3 is 0 Å². The molecule has 3 rings (SSSR count). The van der Waals surface area contributed by atoms with Crippen molar-refractivity contribution in [1.82, 2.24) is 0 Å². The van der Waals surface area contributed by atoms with Crippen molar-refractivity contribution in [3.63, 3.8) is 0 Å². The topological polar surface area (TPSA) is 67.9 Å². The minimum Gasteiger partial charge on any atom is -0.493 e. The largest absolute Gasteiger partial charge is 0.493 e. The maximum atomic E-state index is 13.1. The highest BCUT2D eigenvalue weighted by Gasteiger charge is 2.34. The molecule has 0 unspecified atom stereocenters. The number of carbonyl (C=O) groups is 2. The van der Waals surface area contributed by atoms with E-state index in [1.165, 1.54) is 6.92 Å². The quantitative estimate of drug-likeness (QED) is 0.862. The molecule has 0 heterocycles. The molecule has 0 atom stereocenters. The second kappa shape index (κ2) is 7.47. The predicted molar refractivity (Wildman–Crippen MR) is 100 cm³/mol. The average molecular weight is 354 g/mol. The van der Waals surface area contributed by atoms with E-state index in [0.717, 1.165) is 18.5 Å². The van der Waals surface area contributed by atoms with Gasteiger partial charge in [0, 0.05) is 29.9 Å². The first-order valence-electron chi connectivity index (χ1n) is 8.46. The zero-order chi connectivity index (χ0) is 18.7. The maximum absolute atomic E-state index is 13.1. The van der Waals surface area contributed by atoms with Gasteiger partial charge in [-0.3, -0.25) is 9.59 Å². The molecule has 1 N–H and O–H groups in total. The molecule has 136 valence electrons. The molecule has 0 radical (unpaired) electrons. The van der Waals surface area contributed by atoms with Crippen LogP contribution in [0.3, 0.4) is 0 Å². The number of hydrogen-bond acceptors (Lipinski definition) is 4. The molecule has 0 aromatic heterocycles. The Balaban J connectivity index is 1.88. The van der Waals surface area contributed by atoms with Crippen molar-refractivity contribution in [1.29, 1.82) is 0 Å². The normalized spacial score (nSPS) is 13.0. The van der Waals surface area contributed by atoms with Crippen LogP contribution < -0.4 is 19.7 Å². The zero-order valence-corrected chi connectivity index (χ0v) is 15.1. The van der Waals surface area contributed by atoms with Gasteiger partial charge in [0.1, 0.15) is 0 Å². The third-order valence-electron chi connectivity index (χ3n) is 4.23. The standard InChI is InChI=1S/C20H22N2O4/c1-13(23)21-15-5-7-16(8-6-15)22(17-9-10-17)20(24)14-4-11-18(25-2)19(12-14)26-3/h4-8,11-12,17H,9-10H2,1-3H3,(H,21,23). The molecular weight excluding hydrogens is 332 g/mol. The fourth-order valence-corrected chi connectivity index (χ4v) is 2.84. The molecule has 1 aliphatic rings. The number of hydrogen-bond donors (Lipinski definition) is 1. The smallest absolute Gasteiger partial charge is 0.258 e. The molecule has 2 aromatic rings. The monoisotopic (exact) mass is 354 g/mol. The van der Waals surface area contributed by atoms with E-state index in [1.807, 2.05) is 12.1 Å². The molecule has 6 heteroatoms. The van der Waals surface area contributed by atoms with Crippen molar-refractivity contribution in [2.45, 2.75) is 25.8 Å². The lowest BCUT2D eigenvalue weighted by Crippen LogP contribution is -2.33. The van der Waals surface area contributed by atoms with Gasteiger partial charge in [0.2, 0.25) is 5.91 Å². The molecule has 0 aliphatic heterocycles. The summed E-state index contributed by atoms with van der Waals surface area (Å²) < 4.78 is 10.5. The molecule has 26 heavy (non-hydrogen) atoms. The number of anilines is 2. The molecule has 2 amide bonds. The summed E-state index contributed by atoms with van der Waals surface area (Å²) in [4.78, 5) is 26.1. The summed E-state index contributed by atoms with van der Waals surface area (Å²) in [6.07, 6.45) is 1.96. The fourth-order valence-electron chi connectivity index (χ4n) is 2.84. The Morgan fingerprint density at radius 2 is 1.65 bits per heavy atom. The van der Waals surface area contributed by atoms with Gasteiger partial charge in [0.05, 0.1) is 14.2 Å². The Morgan fingerprint density at radius 3 is 2.19 bits per heavy atom. The number of rotatable bonds is 6. The number of amides is 2. The van der Waals surface area contributed by atoms with Crippen LogP contribution in [0, 0.1) is 0 Å². The third kappa shape index (κ3) is 3.79. The molecule has 1 fully saturated rings. The number of nitrogens with zero attached hydrogens (tertiary/aromatic N) is 1. The molecule has 0 bridgehead atoms. The summed E-state index contributed by atoms with van der Waals surface area (Å²) >= 11 is 0. The highest BCUT2D eigenvalue weighted by Crippen LogP contribution is 2.35. The third-order valence-corrected chi connectivity index (χ3v) is 4.23. The number of benzene rings is 2. The summed E-state index contributed by atoms with van der Waals surface area (Å²) in [5.41, 5.74) is 2.05. The van der Waals surface area contributed by atoms with E-state index in [2.05, 4.69) is 5.32 Å². The summed E-state index contributed by atoms with van der Waals surface area (Å²) in [7, 11) is 3.11. The first-order chi connectivity index (χ1) is 12.5. The van der Waals surface area contributed by atoms with Crippen LogP contribution in [0.5, 0.6) is 11.5 Å². The average Bonchev–Trinajstić information content (AvgIpc) is 3.47. The number of methoxy groups -OCH3 is 2. The van der Waals surface area contributed by atoms with Gasteiger partial charge in [-0.2, -0.15) is 0 Å². The Hall–Kier alpha value is -3.02. The van der Waals surface area contributed by atoms with Crippen molar-refractivity contribution in [3.05, 3.63) is 48.0 Å². The number of nitrogens with one attached hydrogen (secondary N) is 1. The molecule has 0 spiro atoms. The second-order valence-electron chi connectivity index (χ2n) is 6.20. The SMILES string of the molecule is COc1ccc(C(=O)N(c2ccc(NC(C)=O)cc2)C2CC2)cc1OC. The molecule has 0 saturated heterocycles. The summed E-state index contributed by atoms with van der Waals surface area (Å²) in [5.74, 6) is 0.899. The van der Waals surface area contributed by atoms with Gasteiger partial charge in [-0.1, -0.05) is 0 Å². The van der Waals surface area contributed by atoms with Crippen LogP contribution in [-0.2, 0) is 4.79 Å². The minimum atomic E-state index is -0.127. The van der Waals surface area contributed by atoms with Crippen molar-refractivity contribution < 1.29 is 19.1 Å². The predicted octanol–water partition coefficient (Wildman–Crippen LogP) is 3.47. The van der Waals surface area contributed by atoms with Crippen LogP contribution in [-0.4, -0.2) is 32.1 Å². The summed E-state index contributed by atoms with van der Waals surface area (Å²) in [6.45, 7) is 1.46. The molecule has 1 aliphatic carbocycles. The Labute approximate surface area is 152 Å². The number of carbonyl (C=O) groups excluding carboxylic acids is 2. The summed E-state index contributed by atoms with van der Waals surface area (Å²) in [6, 6.07) is 12.7. The highest BCUT2D eigenvalue weighted by atomic mass is 16.5. The van der Waals surface area contributed by atoms with Crippen LogP contribution in [0.15, 0.2) is 42.5 Å². The Bertz CT molecular complexity index is 813. The van der Waals surface area contributed by atoms with E-state index in [-0.39, 0.29) is 17.9 Å².